The summed E-state index contributed by atoms with van der Waals surface area (Å²) in [4.78, 5) is 15.2. The molecule has 0 bridgehead atoms. The maximum absolute atomic E-state index is 12.7. The lowest BCUT2D eigenvalue weighted by Gasteiger charge is -2.33. The molecule has 29 heavy (non-hydrogen) atoms. The number of rotatable bonds is 5. The van der Waals surface area contributed by atoms with Crippen molar-refractivity contribution in [2.45, 2.75) is 9.10 Å². The molecule has 1 aromatic carbocycles. The molecular formula is C18H19ClN2O5S3. The highest BCUT2D eigenvalue weighted by atomic mass is 35.5. The molecule has 11 heteroatoms. The van der Waals surface area contributed by atoms with Crippen molar-refractivity contribution in [2.75, 3.05) is 45.1 Å². The quantitative estimate of drug-likeness (QED) is 0.620. The molecule has 0 N–H and O–H groups in total. The van der Waals surface area contributed by atoms with Crippen molar-refractivity contribution in [1.82, 2.24) is 9.21 Å². The van der Waals surface area contributed by atoms with Gasteiger partial charge in [0.2, 0.25) is 5.91 Å². The van der Waals surface area contributed by atoms with Crippen molar-refractivity contribution in [1.29, 1.82) is 0 Å². The van der Waals surface area contributed by atoms with E-state index >= 15 is 0 Å². The van der Waals surface area contributed by atoms with E-state index in [-0.39, 0.29) is 29.0 Å². The maximum Gasteiger partial charge on any atom is 0.252 e. The summed E-state index contributed by atoms with van der Waals surface area (Å²) in [6.45, 7) is 2.36. The number of piperazine rings is 1. The van der Waals surface area contributed by atoms with Gasteiger partial charge < -0.3 is 14.4 Å². The Kier molecular flexibility index (Phi) is 6.26. The fourth-order valence-corrected chi connectivity index (χ4v) is 6.98. The Morgan fingerprint density at radius 1 is 1.07 bits per heavy atom. The van der Waals surface area contributed by atoms with Crippen molar-refractivity contribution in [2.24, 2.45) is 0 Å². The minimum atomic E-state index is -3.56. The largest absolute Gasteiger partial charge is 0.486 e. The van der Waals surface area contributed by atoms with Gasteiger partial charge in [-0.3, -0.25) is 4.79 Å². The molecular weight excluding hydrogens is 456 g/mol. The van der Waals surface area contributed by atoms with E-state index in [9.17, 15) is 13.2 Å². The summed E-state index contributed by atoms with van der Waals surface area (Å²) < 4.78 is 38.5. The van der Waals surface area contributed by atoms with Crippen molar-refractivity contribution in [3.8, 4) is 11.5 Å². The first kappa shape index (κ1) is 20.8. The van der Waals surface area contributed by atoms with E-state index in [1.165, 1.54) is 22.1 Å². The molecule has 0 atom stereocenters. The summed E-state index contributed by atoms with van der Waals surface area (Å²) in [6.07, 6.45) is 0. The molecule has 7 nitrogen and oxygen atoms in total. The van der Waals surface area contributed by atoms with Gasteiger partial charge in [-0.15, -0.1) is 23.1 Å². The Hall–Kier alpha value is -1.46. The van der Waals surface area contributed by atoms with Crippen LogP contribution in [-0.2, 0) is 14.8 Å². The second kappa shape index (κ2) is 8.73. The van der Waals surface area contributed by atoms with Crippen molar-refractivity contribution in [3.05, 3.63) is 34.7 Å². The van der Waals surface area contributed by atoms with Gasteiger partial charge in [0.25, 0.3) is 10.0 Å². The number of carbonyl (C=O) groups is 1. The smallest absolute Gasteiger partial charge is 0.252 e. The number of hydrogen-bond acceptors (Lipinski definition) is 7. The molecule has 2 aliphatic heterocycles. The van der Waals surface area contributed by atoms with Crippen LogP contribution in [0.1, 0.15) is 0 Å². The van der Waals surface area contributed by atoms with Crippen LogP contribution in [-0.4, -0.2) is 68.7 Å². The van der Waals surface area contributed by atoms with E-state index < -0.39 is 10.0 Å². The molecule has 0 radical (unpaired) electrons. The third-order valence-electron chi connectivity index (χ3n) is 4.61. The molecule has 0 spiro atoms. The zero-order chi connectivity index (χ0) is 20.4. The van der Waals surface area contributed by atoms with E-state index in [1.54, 1.807) is 11.0 Å². The van der Waals surface area contributed by atoms with Crippen LogP contribution < -0.4 is 9.47 Å². The minimum Gasteiger partial charge on any atom is -0.486 e. The summed E-state index contributed by atoms with van der Waals surface area (Å²) in [5, 5.41) is 0. The summed E-state index contributed by atoms with van der Waals surface area (Å²) in [5.74, 6) is 1.69. The lowest BCUT2D eigenvalue weighted by molar-refractivity contribution is -0.129. The molecule has 1 saturated heterocycles. The number of ether oxygens (including phenoxy) is 2. The van der Waals surface area contributed by atoms with Gasteiger partial charge in [0.1, 0.15) is 17.4 Å². The summed E-state index contributed by atoms with van der Waals surface area (Å²) in [6, 6.07) is 8.73. The lowest BCUT2D eigenvalue weighted by Crippen LogP contribution is -2.50. The van der Waals surface area contributed by atoms with Gasteiger partial charge in [-0.1, -0.05) is 11.6 Å². The van der Waals surface area contributed by atoms with Gasteiger partial charge in [0.15, 0.2) is 11.5 Å². The van der Waals surface area contributed by atoms with Crippen LogP contribution in [0.25, 0.3) is 0 Å². The Bertz CT molecular complexity index is 1000. The van der Waals surface area contributed by atoms with Crippen molar-refractivity contribution in [3.63, 3.8) is 0 Å². The molecule has 2 aromatic rings. The number of sulfonamides is 1. The second-order valence-corrected chi connectivity index (χ2v) is 11.4. The van der Waals surface area contributed by atoms with Gasteiger partial charge in [0, 0.05) is 31.1 Å². The molecule has 2 aliphatic rings. The molecule has 0 aliphatic carbocycles. The molecule has 1 aromatic heterocycles. The van der Waals surface area contributed by atoms with Crippen molar-refractivity contribution < 1.29 is 22.7 Å². The number of amides is 1. The third-order valence-corrected chi connectivity index (χ3v) is 9.19. The predicted octanol–water partition coefficient (Wildman–Crippen LogP) is 2.80. The van der Waals surface area contributed by atoms with Gasteiger partial charge in [-0.2, -0.15) is 4.31 Å². The highest BCUT2D eigenvalue weighted by molar-refractivity contribution is 8.00. The average molecular weight is 475 g/mol. The summed E-state index contributed by atoms with van der Waals surface area (Å²) >= 11 is 8.33. The number of halogens is 1. The van der Waals surface area contributed by atoms with Crippen molar-refractivity contribution >= 4 is 50.6 Å². The van der Waals surface area contributed by atoms with E-state index in [2.05, 4.69) is 0 Å². The van der Waals surface area contributed by atoms with Crippen LogP contribution in [0.15, 0.2) is 39.4 Å². The zero-order valence-electron chi connectivity index (χ0n) is 15.4. The molecule has 4 rings (SSSR count). The Morgan fingerprint density at radius 3 is 2.48 bits per heavy atom. The number of carbonyl (C=O) groups excluding carboxylic acids is 1. The zero-order valence-corrected chi connectivity index (χ0v) is 18.6. The van der Waals surface area contributed by atoms with Gasteiger partial charge >= 0.3 is 0 Å². The van der Waals surface area contributed by atoms with Crippen LogP contribution in [0, 0.1) is 0 Å². The topological polar surface area (TPSA) is 76.2 Å². The first-order valence-corrected chi connectivity index (χ1v) is 12.6. The Morgan fingerprint density at radius 2 is 1.79 bits per heavy atom. The van der Waals surface area contributed by atoms with E-state index in [4.69, 9.17) is 21.1 Å². The van der Waals surface area contributed by atoms with E-state index in [0.29, 0.717) is 36.4 Å². The summed E-state index contributed by atoms with van der Waals surface area (Å²) in [7, 11) is -3.56. The fourth-order valence-electron chi connectivity index (χ4n) is 3.09. The van der Waals surface area contributed by atoms with Crippen LogP contribution in [0.4, 0.5) is 0 Å². The number of benzene rings is 1. The second-order valence-electron chi connectivity index (χ2n) is 6.44. The number of nitrogens with zero attached hydrogens (tertiary/aromatic N) is 2. The third kappa shape index (κ3) is 4.66. The number of hydrogen-bond donors (Lipinski definition) is 0. The highest BCUT2D eigenvalue weighted by Crippen LogP contribution is 2.34. The molecule has 0 unspecified atom stereocenters. The van der Waals surface area contributed by atoms with Crippen LogP contribution in [0.2, 0.25) is 4.34 Å². The Labute approximate surface area is 182 Å². The first-order chi connectivity index (χ1) is 13.9. The number of fused-ring (bicyclic) bond motifs is 1. The van der Waals surface area contributed by atoms with E-state index in [1.807, 2.05) is 18.2 Å². The average Bonchev–Trinajstić information content (AvgIpc) is 3.19. The lowest BCUT2D eigenvalue weighted by atomic mass is 10.3. The SMILES string of the molecule is O=C(CSc1ccc2c(c1)OCCO2)N1CCN(S(=O)(=O)c2ccc(Cl)s2)CC1. The molecule has 156 valence electrons. The fraction of sp³-hybridized carbons (Fsp3) is 0.389. The highest BCUT2D eigenvalue weighted by Gasteiger charge is 2.31. The van der Waals surface area contributed by atoms with Gasteiger partial charge in [-0.05, 0) is 30.3 Å². The molecule has 0 saturated carbocycles. The summed E-state index contributed by atoms with van der Waals surface area (Å²) in [5.41, 5.74) is 0. The first-order valence-electron chi connectivity index (χ1n) is 8.99. The molecule has 1 fully saturated rings. The van der Waals surface area contributed by atoms with Gasteiger partial charge in [-0.25, -0.2) is 8.42 Å². The van der Waals surface area contributed by atoms with Crippen LogP contribution in [0.3, 0.4) is 0 Å². The van der Waals surface area contributed by atoms with Gasteiger partial charge in [0.05, 0.1) is 10.1 Å². The van der Waals surface area contributed by atoms with Crippen LogP contribution >= 0.6 is 34.7 Å². The Balaban J connectivity index is 1.30. The standard InChI is InChI=1S/C18H19ClN2O5S3/c19-16-3-4-18(28-16)29(23,24)21-7-5-20(6-8-21)17(22)12-27-13-1-2-14-15(11-13)26-10-9-25-14/h1-4,11H,5-10,12H2. The van der Waals surface area contributed by atoms with Crippen LogP contribution in [0.5, 0.6) is 11.5 Å². The predicted molar refractivity (Wildman–Crippen MR) is 113 cm³/mol. The maximum atomic E-state index is 12.7. The number of thioether (sulfide) groups is 1. The number of thiophene rings is 1. The molecule has 3 heterocycles. The minimum absolute atomic E-state index is 0.0129. The molecule has 1 amide bonds. The monoisotopic (exact) mass is 474 g/mol. The van der Waals surface area contributed by atoms with E-state index in [0.717, 1.165) is 22.0 Å². The normalized spacial score (nSPS) is 17.3.